The van der Waals surface area contributed by atoms with Gasteiger partial charge in [0.1, 0.15) is 11.6 Å². The summed E-state index contributed by atoms with van der Waals surface area (Å²) in [7, 11) is 0. The number of nitrogens with two attached hydrogens (primary N) is 1. The highest BCUT2D eigenvalue weighted by atomic mass is 16.5. The fraction of sp³-hybridized carbons (Fsp3) is 0.692. The Morgan fingerprint density at radius 1 is 1.44 bits per heavy atom. The molecule has 2 atom stereocenters. The summed E-state index contributed by atoms with van der Waals surface area (Å²) >= 11 is 0. The summed E-state index contributed by atoms with van der Waals surface area (Å²) in [6.07, 6.45) is 1.08. The lowest BCUT2D eigenvalue weighted by Gasteiger charge is -2.35. The molecular formula is C13H22N4O. The van der Waals surface area contributed by atoms with E-state index in [9.17, 15) is 0 Å². The van der Waals surface area contributed by atoms with Crippen molar-refractivity contribution in [2.45, 2.75) is 33.2 Å². The minimum Gasteiger partial charge on any atom is -0.478 e. The lowest BCUT2D eigenvalue weighted by molar-refractivity contribution is 0.324. The van der Waals surface area contributed by atoms with Gasteiger partial charge in [0.25, 0.3) is 0 Å². The summed E-state index contributed by atoms with van der Waals surface area (Å²) in [5.74, 6) is 2.90. The Morgan fingerprint density at radius 2 is 2.22 bits per heavy atom. The van der Waals surface area contributed by atoms with Crippen molar-refractivity contribution in [3.63, 3.8) is 0 Å². The molecule has 1 aromatic rings. The van der Waals surface area contributed by atoms with Crippen molar-refractivity contribution in [3.8, 4) is 5.88 Å². The van der Waals surface area contributed by atoms with Gasteiger partial charge in [-0.05, 0) is 26.2 Å². The lowest BCUT2D eigenvalue weighted by atomic mass is 9.97. The predicted molar refractivity (Wildman–Crippen MR) is 71.9 cm³/mol. The van der Waals surface area contributed by atoms with Gasteiger partial charge in [0.15, 0.2) is 0 Å². The fourth-order valence-electron chi connectivity index (χ4n) is 2.50. The number of aromatic nitrogens is 2. The molecule has 1 fully saturated rings. The van der Waals surface area contributed by atoms with E-state index in [4.69, 9.17) is 10.5 Å². The van der Waals surface area contributed by atoms with E-state index in [1.54, 1.807) is 0 Å². The monoisotopic (exact) mass is 250 g/mol. The third kappa shape index (κ3) is 3.10. The van der Waals surface area contributed by atoms with E-state index < -0.39 is 0 Å². The highest BCUT2D eigenvalue weighted by Crippen LogP contribution is 2.23. The molecule has 5 nitrogen and oxygen atoms in total. The molecule has 1 aromatic heterocycles. The molecule has 0 spiro atoms. The average Bonchev–Trinajstić information content (AvgIpc) is 2.27. The van der Waals surface area contributed by atoms with Gasteiger partial charge in [0, 0.05) is 25.2 Å². The molecule has 2 heterocycles. The van der Waals surface area contributed by atoms with Crippen molar-refractivity contribution in [1.29, 1.82) is 0 Å². The third-order valence-corrected chi connectivity index (χ3v) is 3.11. The summed E-state index contributed by atoms with van der Waals surface area (Å²) in [6, 6.07) is 2.13. The van der Waals surface area contributed by atoms with Gasteiger partial charge in [-0.1, -0.05) is 6.92 Å². The Labute approximate surface area is 108 Å². The standard InChI is InChI=1S/C13H22N4O/c1-4-18-13-6-12(15-10(3)16-13)17-7-9(2)5-11(14)8-17/h6,9,11H,4-5,7-8,14H2,1-3H3. The number of rotatable bonds is 3. The van der Waals surface area contributed by atoms with Crippen LogP contribution in [0.4, 0.5) is 5.82 Å². The zero-order chi connectivity index (χ0) is 13.1. The molecule has 0 aromatic carbocycles. The molecule has 0 radical (unpaired) electrons. The van der Waals surface area contributed by atoms with Crippen LogP contribution in [0, 0.1) is 12.8 Å². The Bertz CT molecular complexity index is 400. The molecule has 0 aliphatic carbocycles. The number of hydrogen-bond donors (Lipinski definition) is 1. The van der Waals surface area contributed by atoms with Crippen LogP contribution in [-0.4, -0.2) is 35.7 Å². The van der Waals surface area contributed by atoms with Crippen LogP contribution in [0.1, 0.15) is 26.1 Å². The van der Waals surface area contributed by atoms with Crippen molar-refractivity contribution in [1.82, 2.24) is 9.97 Å². The van der Waals surface area contributed by atoms with Gasteiger partial charge >= 0.3 is 0 Å². The molecule has 1 aliphatic heterocycles. The lowest BCUT2D eigenvalue weighted by Crippen LogP contribution is -2.46. The maximum absolute atomic E-state index is 6.07. The van der Waals surface area contributed by atoms with Crippen LogP contribution in [-0.2, 0) is 0 Å². The minimum absolute atomic E-state index is 0.222. The molecule has 0 bridgehead atoms. The van der Waals surface area contributed by atoms with Crippen LogP contribution >= 0.6 is 0 Å². The molecule has 2 N–H and O–H groups in total. The minimum atomic E-state index is 0.222. The van der Waals surface area contributed by atoms with Crippen molar-refractivity contribution < 1.29 is 4.74 Å². The molecule has 2 rings (SSSR count). The van der Waals surface area contributed by atoms with E-state index in [-0.39, 0.29) is 6.04 Å². The van der Waals surface area contributed by atoms with Crippen LogP contribution in [0.2, 0.25) is 0 Å². The van der Waals surface area contributed by atoms with E-state index in [0.29, 0.717) is 18.4 Å². The van der Waals surface area contributed by atoms with Gasteiger partial charge in [0.05, 0.1) is 6.61 Å². The molecule has 18 heavy (non-hydrogen) atoms. The number of nitrogens with zero attached hydrogens (tertiary/aromatic N) is 3. The van der Waals surface area contributed by atoms with Gasteiger partial charge in [-0.15, -0.1) is 0 Å². The van der Waals surface area contributed by atoms with Gasteiger partial charge in [-0.25, -0.2) is 4.98 Å². The Kier molecular flexibility index (Phi) is 4.01. The van der Waals surface area contributed by atoms with Crippen LogP contribution in [0.25, 0.3) is 0 Å². The third-order valence-electron chi connectivity index (χ3n) is 3.11. The molecule has 100 valence electrons. The SMILES string of the molecule is CCOc1cc(N2CC(C)CC(N)C2)nc(C)n1. The topological polar surface area (TPSA) is 64.3 Å². The number of hydrogen-bond acceptors (Lipinski definition) is 5. The van der Waals surface area contributed by atoms with Crippen LogP contribution in [0.15, 0.2) is 6.07 Å². The molecule has 1 saturated heterocycles. The van der Waals surface area contributed by atoms with E-state index in [0.717, 1.165) is 31.2 Å². The Morgan fingerprint density at radius 3 is 2.89 bits per heavy atom. The van der Waals surface area contributed by atoms with Gasteiger partial charge in [-0.2, -0.15) is 4.98 Å². The van der Waals surface area contributed by atoms with Gasteiger partial charge in [-0.3, -0.25) is 0 Å². The quantitative estimate of drug-likeness (QED) is 0.877. The summed E-state index contributed by atoms with van der Waals surface area (Å²) in [6.45, 7) is 8.53. The van der Waals surface area contributed by atoms with E-state index in [2.05, 4.69) is 21.8 Å². The molecule has 0 amide bonds. The summed E-state index contributed by atoms with van der Waals surface area (Å²) in [5.41, 5.74) is 6.07. The van der Waals surface area contributed by atoms with Crippen molar-refractivity contribution in [2.24, 2.45) is 11.7 Å². The summed E-state index contributed by atoms with van der Waals surface area (Å²) < 4.78 is 5.46. The largest absolute Gasteiger partial charge is 0.478 e. The molecule has 1 aliphatic rings. The molecule has 0 saturated carbocycles. The maximum atomic E-state index is 6.07. The second kappa shape index (κ2) is 5.52. The fourth-order valence-corrected chi connectivity index (χ4v) is 2.50. The Hall–Kier alpha value is -1.36. The van der Waals surface area contributed by atoms with Gasteiger partial charge < -0.3 is 15.4 Å². The zero-order valence-corrected chi connectivity index (χ0v) is 11.4. The van der Waals surface area contributed by atoms with Crippen LogP contribution < -0.4 is 15.4 Å². The number of piperidine rings is 1. The second-order valence-corrected chi connectivity index (χ2v) is 5.05. The number of ether oxygens (including phenoxy) is 1. The summed E-state index contributed by atoms with van der Waals surface area (Å²) in [4.78, 5) is 11.0. The molecule has 2 unspecified atom stereocenters. The summed E-state index contributed by atoms with van der Waals surface area (Å²) in [5, 5.41) is 0. The number of anilines is 1. The first kappa shape index (κ1) is 13.1. The first-order chi connectivity index (χ1) is 8.58. The second-order valence-electron chi connectivity index (χ2n) is 5.05. The highest BCUT2D eigenvalue weighted by molar-refractivity contribution is 5.42. The van der Waals surface area contributed by atoms with Crippen molar-refractivity contribution >= 4 is 5.82 Å². The van der Waals surface area contributed by atoms with Crippen molar-refractivity contribution in [2.75, 3.05) is 24.6 Å². The van der Waals surface area contributed by atoms with Crippen LogP contribution in [0.3, 0.4) is 0 Å². The van der Waals surface area contributed by atoms with Gasteiger partial charge in [0.2, 0.25) is 5.88 Å². The normalized spacial score (nSPS) is 24.1. The highest BCUT2D eigenvalue weighted by Gasteiger charge is 2.23. The first-order valence-electron chi connectivity index (χ1n) is 6.57. The Balaban J connectivity index is 2.21. The zero-order valence-electron chi connectivity index (χ0n) is 11.4. The van der Waals surface area contributed by atoms with Crippen LogP contribution in [0.5, 0.6) is 5.88 Å². The maximum Gasteiger partial charge on any atom is 0.218 e. The number of aryl methyl sites for hydroxylation is 1. The molecular weight excluding hydrogens is 228 g/mol. The van der Waals surface area contributed by atoms with E-state index in [1.165, 1.54) is 0 Å². The molecule has 5 heteroatoms. The smallest absolute Gasteiger partial charge is 0.218 e. The van der Waals surface area contributed by atoms with E-state index >= 15 is 0 Å². The van der Waals surface area contributed by atoms with Crippen molar-refractivity contribution in [3.05, 3.63) is 11.9 Å². The average molecular weight is 250 g/mol. The predicted octanol–water partition coefficient (Wildman–Crippen LogP) is 1.36. The van der Waals surface area contributed by atoms with E-state index in [1.807, 2.05) is 19.9 Å². The first-order valence-corrected chi connectivity index (χ1v) is 6.57.